The van der Waals surface area contributed by atoms with Gasteiger partial charge < -0.3 is 24.8 Å². The van der Waals surface area contributed by atoms with Crippen LogP contribution in [0.3, 0.4) is 0 Å². The first-order chi connectivity index (χ1) is 25.3. The number of sulfonamides is 1. The Kier molecular flexibility index (Phi) is 11.5. The quantitative estimate of drug-likeness (QED) is 0.229. The van der Waals surface area contributed by atoms with Gasteiger partial charge in [-0.15, -0.1) is 0 Å². The third kappa shape index (κ3) is 8.55. The fraction of sp³-hybridized carbons (Fsp3) is 0.487. The van der Waals surface area contributed by atoms with Gasteiger partial charge in [0, 0.05) is 55.9 Å². The van der Waals surface area contributed by atoms with E-state index in [9.17, 15) is 22.4 Å². The van der Waals surface area contributed by atoms with Gasteiger partial charge in [0.2, 0.25) is 15.9 Å². The molecule has 12 nitrogen and oxygen atoms in total. The molecule has 3 aliphatic rings. The Labute approximate surface area is 312 Å². The number of hydrogen-bond acceptors (Lipinski definition) is 9. The number of hydrogen-bond donors (Lipinski definition) is 1. The van der Waals surface area contributed by atoms with Gasteiger partial charge in [0.15, 0.2) is 11.6 Å². The molecular weight excluding hydrogens is 698 g/mol. The Bertz CT molecular complexity index is 1910. The topological polar surface area (TPSA) is 128 Å². The third-order valence-electron chi connectivity index (χ3n) is 10.7. The molecule has 3 aromatic rings. The number of anilines is 2. The predicted molar refractivity (Wildman–Crippen MR) is 202 cm³/mol. The van der Waals surface area contributed by atoms with E-state index in [-0.39, 0.29) is 39.6 Å². The summed E-state index contributed by atoms with van der Waals surface area (Å²) in [6.45, 7) is 16.7. The van der Waals surface area contributed by atoms with Crippen molar-refractivity contribution in [2.45, 2.75) is 70.4 Å². The lowest BCUT2D eigenvalue weighted by Gasteiger charge is -2.54. The van der Waals surface area contributed by atoms with E-state index < -0.39 is 21.7 Å². The summed E-state index contributed by atoms with van der Waals surface area (Å²) < 4.78 is 49.1. The second-order valence-corrected chi connectivity index (χ2v) is 17.0. The van der Waals surface area contributed by atoms with Crippen LogP contribution in [0.1, 0.15) is 63.7 Å². The number of likely N-dealkylation sites (tertiary alicyclic amines) is 1. The average molecular weight is 748 g/mol. The van der Waals surface area contributed by atoms with Crippen LogP contribution in [0.25, 0.3) is 0 Å². The molecule has 0 saturated carbocycles. The van der Waals surface area contributed by atoms with Crippen LogP contribution < -0.4 is 15.0 Å². The highest BCUT2D eigenvalue weighted by Crippen LogP contribution is 2.45. The Morgan fingerprint density at radius 1 is 1.04 bits per heavy atom. The largest absolute Gasteiger partial charge is 0.451 e. The van der Waals surface area contributed by atoms with E-state index in [4.69, 9.17) is 4.74 Å². The molecule has 3 saturated heterocycles. The number of rotatable bonds is 12. The fourth-order valence-electron chi connectivity index (χ4n) is 7.91. The number of ether oxygens (including phenoxy) is 1. The number of amides is 2. The van der Waals surface area contributed by atoms with E-state index in [1.807, 2.05) is 27.7 Å². The number of aromatic nitrogens is 2. The summed E-state index contributed by atoms with van der Waals surface area (Å²) in [5, 5.41) is 2.63. The van der Waals surface area contributed by atoms with Gasteiger partial charge in [-0.2, -0.15) is 4.31 Å². The summed E-state index contributed by atoms with van der Waals surface area (Å²) >= 11 is 0. The van der Waals surface area contributed by atoms with Crippen LogP contribution in [-0.2, 0) is 14.8 Å². The summed E-state index contributed by atoms with van der Waals surface area (Å²) in [6.07, 6.45) is 7.92. The Balaban J connectivity index is 1.01. The van der Waals surface area contributed by atoms with Crippen LogP contribution in [0.5, 0.6) is 11.5 Å². The lowest BCUT2D eigenvalue weighted by Crippen LogP contribution is -2.61. The molecule has 1 aromatic heterocycles. The SMILES string of the molecule is C=CC(=O)Nc1cccc(S(=O)(=O)N2CCC(CN3CCC4(CC3)CN(c3ncncc3Oc3ccc(F)cc3C(=O)N(C(C)C)C(C)C)C4)CC2)c1. The monoisotopic (exact) mass is 747 g/mol. The standard InChI is InChI=1S/C39H50FN7O5S/c1-6-36(48)43-31-8-7-9-32(21-31)53(50,51)46-16-12-29(13-17-46)23-44-18-14-39(15-19-44)24-45(25-39)37-35(22-41-26-42-37)52-34-11-10-30(40)20-33(34)38(49)47(27(2)3)28(4)5/h6-11,20-22,26-29H,1,12-19,23-25H2,2-5H3,(H,43,48). The van der Waals surface area contributed by atoms with E-state index in [0.717, 1.165) is 64.5 Å². The molecule has 1 N–H and O–H groups in total. The molecule has 2 aromatic carbocycles. The maximum Gasteiger partial charge on any atom is 0.258 e. The molecule has 6 rings (SSSR count). The second-order valence-electron chi connectivity index (χ2n) is 15.1. The van der Waals surface area contributed by atoms with E-state index in [2.05, 4.69) is 31.7 Å². The summed E-state index contributed by atoms with van der Waals surface area (Å²) in [6, 6.07) is 10.2. The first kappa shape index (κ1) is 38.3. The minimum Gasteiger partial charge on any atom is -0.451 e. The Hall–Kier alpha value is -4.40. The van der Waals surface area contributed by atoms with Crippen LogP contribution in [0.2, 0.25) is 0 Å². The summed E-state index contributed by atoms with van der Waals surface area (Å²) in [5.41, 5.74) is 0.742. The molecule has 3 fully saturated rings. The minimum absolute atomic E-state index is 0.0787. The normalized spacial score (nSPS) is 18.2. The van der Waals surface area contributed by atoms with Crippen molar-refractivity contribution in [2.24, 2.45) is 11.3 Å². The van der Waals surface area contributed by atoms with Crippen molar-refractivity contribution in [3.05, 3.63) is 79.0 Å². The second kappa shape index (κ2) is 15.9. The molecule has 1 spiro atoms. The molecule has 0 radical (unpaired) electrons. The number of carbonyl (C=O) groups is 2. The molecule has 2 amide bonds. The summed E-state index contributed by atoms with van der Waals surface area (Å²) in [5.74, 6) is 0.541. The van der Waals surface area contributed by atoms with Crippen LogP contribution >= 0.6 is 0 Å². The first-order valence-electron chi connectivity index (χ1n) is 18.4. The Morgan fingerprint density at radius 2 is 1.74 bits per heavy atom. The maximum atomic E-state index is 14.4. The van der Waals surface area contributed by atoms with E-state index in [1.165, 1.54) is 30.6 Å². The number of benzene rings is 2. The first-order valence-corrected chi connectivity index (χ1v) is 19.8. The number of nitrogens with zero attached hydrogens (tertiary/aromatic N) is 6. The van der Waals surface area contributed by atoms with Crippen LogP contribution in [0.4, 0.5) is 15.9 Å². The predicted octanol–water partition coefficient (Wildman–Crippen LogP) is 5.79. The van der Waals surface area contributed by atoms with E-state index in [1.54, 1.807) is 33.6 Å². The van der Waals surface area contributed by atoms with Crippen molar-refractivity contribution < 1.29 is 27.1 Å². The molecule has 0 bridgehead atoms. The van der Waals surface area contributed by atoms with Crippen molar-refractivity contribution >= 4 is 33.3 Å². The highest BCUT2D eigenvalue weighted by molar-refractivity contribution is 7.89. The number of piperidine rings is 2. The molecule has 0 aliphatic carbocycles. The lowest BCUT2D eigenvalue weighted by molar-refractivity contribution is -0.111. The fourth-order valence-corrected chi connectivity index (χ4v) is 9.43. The molecule has 53 heavy (non-hydrogen) atoms. The highest BCUT2D eigenvalue weighted by atomic mass is 32.2. The molecule has 14 heteroatoms. The van der Waals surface area contributed by atoms with Gasteiger partial charge in [-0.05, 0) is 115 Å². The lowest BCUT2D eigenvalue weighted by atomic mass is 9.72. The van der Waals surface area contributed by atoms with Gasteiger partial charge in [-0.3, -0.25) is 9.59 Å². The number of halogens is 1. The van der Waals surface area contributed by atoms with Gasteiger partial charge >= 0.3 is 0 Å². The zero-order valence-corrected chi connectivity index (χ0v) is 31.8. The van der Waals surface area contributed by atoms with Crippen LogP contribution in [-0.4, -0.2) is 102 Å². The number of nitrogens with one attached hydrogen (secondary N) is 1. The molecule has 284 valence electrons. The maximum absolute atomic E-state index is 14.4. The zero-order valence-electron chi connectivity index (χ0n) is 31.0. The van der Waals surface area contributed by atoms with Crippen molar-refractivity contribution in [1.82, 2.24) is 24.1 Å². The van der Waals surface area contributed by atoms with Gasteiger partial charge in [-0.1, -0.05) is 12.6 Å². The molecular formula is C39H50FN7O5S. The van der Waals surface area contributed by atoms with Crippen molar-refractivity contribution in [3.63, 3.8) is 0 Å². The molecule has 0 unspecified atom stereocenters. The van der Waals surface area contributed by atoms with Gasteiger partial charge in [0.1, 0.15) is 17.9 Å². The van der Waals surface area contributed by atoms with Gasteiger partial charge in [0.05, 0.1) is 16.7 Å². The van der Waals surface area contributed by atoms with Crippen molar-refractivity contribution in [1.29, 1.82) is 0 Å². The molecule has 3 aliphatic heterocycles. The van der Waals surface area contributed by atoms with E-state index in [0.29, 0.717) is 36.3 Å². The average Bonchev–Trinajstić information content (AvgIpc) is 3.12. The molecule has 0 atom stereocenters. The van der Waals surface area contributed by atoms with Crippen molar-refractivity contribution in [3.8, 4) is 11.5 Å². The van der Waals surface area contributed by atoms with Crippen LogP contribution in [0, 0.1) is 17.2 Å². The summed E-state index contributed by atoms with van der Waals surface area (Å²) in [7, 11) is -3.67. The molecule has 4 heterocycles. The summed E-state index contributed by atoms with van der Waals surface area (Å²) in [4.78, 5) is 40.6. The van der Waals surface area contributed by atoms with Gasteiger partial charge in [-0.25, -0.2) is 22.8 Å². The Morgan fingerprint density at radius 3 is 2.40 bits per heavy atom. The smallest absolute Gasteiger partial charge is 0.258 e. The highest BCUT2D eigenvalue weighted by Gasteiger charge is 2.46. The van der Waals surface area contributed by atoms with Crippen LogP contribution in [0.15, 0.2) is 72.5 Å². The third-order valence-corrected chi connectivity index (χ3v) is 12.6. The zero-order chi connectivity index (χ0) is 37.9. The van der Waals surface area contributed by atoms with Crippen molar-refractivity contribution in [2.75, 3.05) is 56.0 Å². The van der Waals surface area contributed by atoms with E-state index >= 15 is 0 Å². The number of carbonyl (C=O) groups excluding carboxylic acids is 2. The van der Waals surface area contributed by atoms with Gasteiger partial charge in [0.25, 0.3) is 5.91 Å². The minimum atomic E-state index is -3.67.